The number of hydrogen-bond donors (Lipinski definition) is 1. The van der Waals surface area contributed by atoms with E-state index in [1.165, 1.54) is 5.01 Å². The lowest BCUT2D eigenvalue weighted by molar-refractivity contribution is 0.213. The molecule has 0 atom stereocenters. The van der Waals surface area contributed by atoms with E-state index in [1.807, 2.05) is 0 Å². The van der Waals surface area contributed by atoms with E-state index in [-0.39, 0.29) is 6.03 Å². The number of nitrogens with one attached hydrogen (secondary N) is 1. The predicted molar refractivity (Wildman–Crippen MR) is 45.6 cm³/mol. The van der Waals surface area contributed by atoms with Gasteiger partial charge in [0.15, 0.2) is 0 Å². The molecule has 64 valence electrons. The number of carbonyl (C=O) groups is 1. The minimum Gasteiger partial charge on any atom is -0.340 e. The van der Waals surface area contributed by atoms with Gasteiger partial charge < -0.3 is 5.32 Å². The highest BCUT2D eigenvalue weighted by Crippen LogP contribution is 1.86. The Bertz CT molecular complexity index is 145. The summed E-state index contributed by atoms with van der Waals surface area (Å²) in [4.78, 5) is 10.8. The summed E-state index contributed by atoms with van der Waals surface area (Å²) in [5, 5.41) is 7.62. The molecule has 1 N–H and O–H groups in total. The van der Waals surface area contributed by atoms with Gasteiger partial charge in [0.25, 0.3) is 0 Å². The molecule has 0 rings (SSSR count). The lowest BCUT2D eigenvalue weighted by atomic mass is 10.4. The van der Waals surface area contributed by atoms with Crippen LogP contribution in [0, 0.1) is 0 Å². The van der Waals surface area contributed by atoms with Gasteiger partial charge in [-0.15, -0.1) is 0 Å². The van der Waals surface area contributed by atoms with Crippen LogP contribution in [0.1, 0.15) is 19.8 Å². The lowest BCUT2D eigenvalue weighted by Gasteiger charge is -2.08. The molecule has 0 spiro atoms. The molecule has 0 unspecified atom stereocenters. The smallest absolute Gasteiger partial charge is 0.337 e. The number of urea groups is 1. The molecule has 0 bridgehead atoms. The van der Waals surface area contributed by atoms with Crippen molar-refractivity contribution in [3.8, 4) is 0 Å². The van der Waals surface area contributed by atoms with Gasteiger partial charge in [-0.2, -0.15) is 5.10 Å². The first-order chi connectivity index (χ1) is 5.22. The Balaban J connectivity index is 3.66. The summed E-state index contributed by atoms with van der Waals surface area (Å²) < 4.78 is 0. The molecule has 0 saturated carbocycles. The molecule has 0 aromatic rings. The fourth-order valence-corrected chi connectivity index (χ4v) is 0.524. The molecule has 0 aromatic carbocycles. The van der Waals surface area contributed by atoms with Crippen molar-refractivity contribution in [3.63, 3.8) is 0 Å². The van der Waals surface area contributed by atoms with Crippen LogP contribution in [0.4, 0.5) is 4.79 Å². The highest BCUT2D eigenvalue weighted by molar-refractivity contribution is 5.74. The van der Waals surface area contributed by atoms with E-state index in [1.54, 1.807) is 20.3 Å². The molecule has 0 aromatic heterocycles. The van der Waals surface area contributed by atoms with Crippen LogP contribution in [0.2, 0.25) is 0 Å². The molecule has 2 amide bonds. The zero-order chi connectivity index (χ0) is 8.69. The van der Waals surface area contributed by atoms with Gasteiger partial charge in [0.05, 0.1) is 0 Å². The van der Waals surface area contributed by atoms with E-state index in [9.17, 15) is 4.79 Å². The fraction of sp³-hybridized carbons (Fsp3) is 0.714. The third kappa shape index (κ3) is 4.36. The standard InChI is InChI=1S/C7H15N3O/c1-4-5-6-9-10(3)7(11)8-2/h6H,4-5H2,1-3H3,(H,8,11)/b9-6+. The topological polar surface area (TPSA) is 44.7 Å². The number of rotatable bonds is 3. The second-order valence-corrected chi connectivity index (χ2v) is 2.17. The van der Waals surface area contributed by atoms with Crippen LogP contribution in [0.3, 0.4) is 0 Å². The second kappa shape index (κ2) is 5.70. The summed E-state index contributed by atoms with van der Waals surface area (Å²) in [6.07, 6.45) is 3.68. The normalized spacial score (nSPS) is 10.1. The summed E-state index contributed by atoms with van der Waals surface area (Å²) >= 11 is 0. The average molecular weight is 157 g/mol. The van der Waals surface area contributed by atoms with Crippen LogP contribution in [-0.4, -0.2) is 31.3 Å². The van der Waals surface area contributed by atoms with Crippen molar-refractivity contribution >= 4 is 12.2 Å². The zero-order valence-corrected chi connectivity index (χ0v) is 7.29. The molecule has 0 aliphatic heterocycles. The number of unbranched alkanes of at least 4 members (excludes halogenated alkanes) is 1. The average Bonchev–Trinajstić information content (AvgIpc) is 2.03. The van der Waals surface area contributed by atoms with Crippen molar-refractivity contribution in [2.24, 2.45) is 5.10 Å². The van der Waals surface area contributed by atoms with Gasteiger partial charge in [-0.1, -0.05) is 13.3 Å². The van der Waals surface area contributed by atoms with Crippen LogP contribution in [0.25, 0.3) is 0 Å². The predicted octanol–water partition coefficient (Wildman–Crippen LogP) is 1.04. The quantitative estimate of drug-likeness (QED) is 0.483. The largest absolute Gasteiger partial charge is 0.340 e. The van der Waals surface area contributed by atoms with Crippen LogP contribution in [-0.2, 0) is 0 Å². The fourth-order valence-electron chi connectivity index (χ4n) is 0.524. The molecule has 11 heavy (non-hydrogen) atoms. The second-order valence-electron chi connectivity index (χ2n) is 2.17. The Kier molecular flexibility index (Phi) is 5.15. The number of nitrogens with zero attached hydrogens (tertiary/aromatic N) is 2. The molecule has 0 aliphatic rings. The molecule has 0 fully saturated rings. The van der Waals surface area contributed by atoms with E-state index >= 15 is 0 Å². The van der Waals surface area contributed by atoms with Crippen LogP contribution in [0.15, 0.2) is 5.10 Å². The number of hydrogen-bond acceptors (Lipinski definition) is 2. The first-order valence-electron chi connectivity index (χ1n) is 3.70. The highest BCUT2D eigenvalue weighted by atomic mass is 16.2. The maximum Gasteiger partial charge on any atom is 0.337 e. The van der Waals surface area contributed by atoms with Crippen LogP contribution in [0.5, 0.6) is 0 Å². The molecule has 4 heteroatoms. The third-order valence-electron chi connectivity index (χ3n) is 1.18. The zero-order valence-electron chi connectivity index (χ0n) is 7.29. The minimum atomic E-state index is -0.197. The van der Waals surface area contributed by atoms with Crippen molar-refractivity contribution in [2.45, 2.75) is 19.8 Å². The van der Waals surface area contributed by atoms with E-state index in [0.29, 0.717) is 0 Å². The molecule has 0 radical (unpaired) electrons. The Morgan fingerprint density at radius 2 is 2.36 bits per heavy atom. The van der Waals surface area contributed by atoms with Crippen molar-refractivity contribution < 1.29 is 4.79 Å². The minimum absolute atomic E-state index is 0.197. The Morgan fingerprint density at radius 1 is 1.73 bits per heavy atom. The highest BCUT2D eigenvalue weighted by Gasteiger charge is 2.00. The van der Waals surface area contributed by atoms with E-state index in [4.69, 9.17) is 0 Å². The molecular weight excluding hydrogens is 142 g/mol. The van der Waals surface area contributed by atoms with Crippen molar-refractivity contribution in [3.05, 3.63) is 0 Å². The number of hydrazone groups is 1. The molecule has 4 nitrogen and oxygen atoms in total. The maximum atomic E-state index is 10.8. The SMILES string of the molecule is CCC/C=N/N(C)C(=O)NC. The van der Waals surface area contributed by atoms with E-state index < -0.39 is 0 Å². The maximum absolute atomic E-state index is 10.8. The van der Waals surface area contributed by atoms with Gasteiger partial charge in [-0.05, 0) is 6.42 Å². The van der Waals surface area contributed by atoms with Crippen molar-refractivity contribution in [1.82, 2.24) is 10.3 Å². The molecule has 0 saturated heterocycles. The van der Waals surface area contributed by atoms with Crippen LogP contribution < -0.4 is 5.32 Å². The Morgan fingerprint density at radius 3 is 2.82 bits per heavy atom. The van der Waals surface area contributed by atoms with Crippen molar-refractivity contribution in [1.29, 1.82) is 0 Å². The van der Waals surface area contributed by atoms with Crippen LogP contribution >= 0.6 is 0 Å². The molecule has 0 aliphatic carbocycles. The molecule has 0 heterocycles. The van der Waals surface area contributed by atoms with E-state index in [2.05, 4.69) is 17.3 Å². The summed E-state index contributed by atoms with van der Waals surface area (Å²) in [5.74, 6) is 0. The first-order valence-corrected chi connectivity index (χ1v) is 3.70. The lowest BCUT2D eigenvalue weighted by Crippen LogP contribution is -2.30. The number of amides is 2. The van der Waals surface area contributed by atoms with Crippen molar-refractivity contribution in [2.75, 3.05) is 14.1 Å². The van der Waals surface area contributed by atoms with Gasteiger partial charge in [-0.3, -0.25) is 0 Å². The summed E-state index contributed by atoms with van der Waals surface area (Å²) in [5.41, 5.74) is 0. The Hall–Kier alpha value is -1.06. The third-order valence-corrected chi connectivity index (χ3v) is 1.18. The summed E-state index contributed by atoms with van der Waals surface area (Å²) in [6, 6.07) is -0.197. The summed E-state index contributed by atoms with van der Waals surface area (Å²) in [7, 11) is 3.19. The Labute approximate surface area is 67.3 Å². The monoisotopic (exact) mass is 157 g/mol. The summed E-state index contributed by atoms with van der Waals surface area (Å²) in [6.45, 7) is 2.06. The number of carbonyl (C=O) groups excluding carboxylic acids is 1. The van der Waals surface area contributed by atoms with Gasteiger partial charge in [-0.25, -0.2) is 9.80 Å². The van der Waals surface area contributed by atoms with E-state index in [0.717, 1.165) is 12.8 Å². The van der Waals surface area contributed by atoms with Gasteiger partial charge in [0.1, 0.15) is 0 Å². The molecular formula is C7H15N3O. The first kappa shape index (κ1) is 9.94. The van der Waals surface area contributed by atoms with Gasteiger partial charge >= 0.3 is 6.03 Å². The van der Waals surface area contributed by atoms with Gasteiger partial charge in [0, 0.05) is 20.3 Å². The van der Waals surface area contributed by atoms with Gasteiger partial charge in [0.2, 0.25) is 0 Å².